The Morgan fingerprint density at radius 1 is 1.50 bits per heavy atom. The van der Waals surface area contributed by atoms with Crippen molar-refractivity contribution in [1.82, 2.24) is 19.9 Å². The van der Waals surface area contributed by atoms with Crippen LogP contribution in [-0.2, 0) is 0 Å². The molecule has 0 atom stereocenters. The van der Waals surface area contributed by atoms with Crippen LogP contribution in [0.1, 0.15) is 0 Å². The van der Waals surface area contributed by atoms with Gasteiger partial charge in [0.1, 0.15) is 0 Å². The minimum absolute atomic E-state index is 0. The van der Waals surface area contributed by atoms with Gasteiger partial charge in [0.05, 0.1) is 6.33 Å². The van der Waals surface area contributed by atoms with E-state index in [-0.39, 0.29) is 62.9 Å². The van der Waals surface area contributed by atoms with Crippen LogP contribution >= 0.6 is 0 Å². The second-order valence-electron chi connectivity index (χ2n) is 2.05. The van der Waals surface area contributed by atoms with Crippen molar-refractivity contribution >= 4 is 68.5 Å². The molecule has 0 spiro atoms. The first-order valence-electron chi connectivity index (χ1n) is 2.96. The molecule has 0 amide bonds. The predicted molar refractivity (Wildman–Crippen MR) is 44.7 cm³/mol. The molecule has 0 saturated heterocycles. The summed E-state index contributed by atoms with van der Waals surface area (Å²) in [5.41, 5.74) is 5.65. The van der Waals surface area contributed by atoms with E-state index in [2.05, 4.69) is 19.9 Å². The molecule has 2 aromatic heterocycles. The predicted octanol–water partition coefficient (Wildman–Crippen LogP) is -1.15. The van der Waals surface area contributed by atoms with Crippen LogP contribution in [0.3, 0.4) is 0 Å². The number of H-pyrrole nitrogens is 2. The Kier molecular flexibility index (Phi) is 3.02. The fraction of sp³-hybridized carbons (Fsp3) is 0. The molecule has 2 aromatic rings. The Morgan fingerprint density at radius 3 is 3.00 bits per heavy atom. The number of fused-ring (bicyclic) bond motifs is 1. The fourth-order valence-electron chi connectivity index (χ4n) is 0.860. The Morgan fingerprint density at radius 2 is 2.25 bits per heavy atom. The van der Waals surface area contributed by atoms with E-state index in [4.69, 9.17) is 5.73 Å². The van der Waals surface area contributed by atoms with Crippen LogP contribution in [0, 0.1) is 0 Å². The number of anilines is 1. The van der Waals surface area contributed by atoms with Gasteiger partial charge in [0.15, 0.2) is 11.2 Å². The van der Waals surface area contributed by atoms with Crippen molar-refractivity contribution in [1.29, 1.82) is 0 Å². The number of nitrogens with one attached hydrogen (secondary N) is 2. The van der Waals surface area contributed by atoms with Crippen LogP contribution in [-0.4, -0.2) is 71.3 Å². The monoisotopic (exact) mass is 190 g/mol. The maximum atomic E-state index is 11.0. The van der Waals surface area contributed by atoms with E-state index in [0.717, 1.165) is 0 Å². The number of aromatic amines is 2. The van der Waals surface area contributed by atoms with E-state index in [0.29, 0.717) is 11.2 Å². The van der Waals surface area contributed by atoms with Crippen molar-refractivity contribution in [3.05, 3.63) is 16.7 Å². The van der Waals surface area contributed by atoms with Crippen molar-refractivity contribution in [2.75, 3.05) is 5.73 Å². The average Bonchev–Trinajstić information content (AvgIpc) is 2.34. The maximum Gasteiger partial charge on any atom is 0.278 e. The minimum Gasteiger partial charge on any atom is -0.369 e. The number of hydrogen-bond acceptors (Lipinski definition) is 4. The first kappa shape index (κ1) is 9.87. The second kappa shape index (κ2) is 3.67. The maximum absolute atomic E-state index is 11.0. The molecule has 2 heterocycles. The molecule has 7 heteroatoms. The van der Waals surface area contributed by atoms with Crippen molar-refractivity contribution in [2.24, 2.45) is 0 Å². The zero-order valence-corrected chi connectivity index (χ0v) is 9.58. The molecule has 0 saturated carbocycles. The summed E-state index contributed by atoms with van der Waals surface area (Å²) in [6.45, 7) is 0. The number of nitrogen functional groups attached to an aromatic ring is 1. The SMILES string of the molecule is Nc1nc2nc[nH]c2c(=O)[nH]1.[K]. The number of nitrogens with two attached hydrogens (primary N) is 1. The number of hydrogen-bond donors (Lipinski definition) is 3. The van der Waals surface area contributed by atoms with Crippen LogP contribution in [0.5, 0.6) is 0 Å². The molecule has 0 aliphatic heterocycles. The summed E-state index contributed by atoms with van der Waals surface area (Å²) in [6, 6.07) is 0. The summed E-state index contributed by atoms with van der Waals surface area (Å²) in [7, 11) is 0. The third kappa shape index (κ3) is 1.59. The number of nitrogens with zero attached hydrogens (tertiary/aromatic N) is 2. The molecule has 0 unspecified atom stereocenters. The Bertz CT molecular complexity index is 446. The molecule has 12 heavy (non-hydrogen) atoms. The first-order valence-corrected chi connectivity index (χ1v) is 2.96. The molecule has 1 radical (unpaired) electrons. The van der Waals surface area contributed by atoms with Gasteiger partial charge in [-0.05, 0) is 0 Å². The third-order valence-electron chi connectivity index (χ3n) is 1.31. The Balaban J connectivity index is 0.000000720. The molecule has 0 bridgehead atoms. The van der Waals surface area contributed by atoms with Gasteiger partial charge in [-0.1, -0.05) is 0 Å². The van der Waals surface area contributed by atoms with Gasteiger partial charge in [-0.3, -0.25) is 9.78 Å². The fourth-order valence-corrected chi connectivity index (χ4v) is 0.860. The van der Waals surface area contributed by atoms with Gasteiger partial charge >= 0.3 is 0 Å². The van der Waals surface area contributed by atoms with Crippen LogP contribution in [0.15, 0.2) is 11.1 Å². The largest absolute Gasteiger partial charge is 0.369 e. The van der Waals surface area contributed by atoms with Gasteiger partial charge in [0.25, 0.3) is 5.56 Å². The van der Waals surface area contributed by atoms with Crippen molar-refractivity contribution in [3.8, 4) is 0 Å². The van der Waals surface area contributed by atoms with E-state index in [1.807, 2.05) is 0 Å². The van der Waals surface area contributed by atoms with Crippen molar-refractivity contribution < 1.29 is 0 Å². The standard InChI is InChI=1S/C5H5N5O.K/c6-5-9-3-2(4(11)10-5)7-1-8-3;/h1H,(H4,6,7,8,9,10,11);. The van der Waals surface area contributed by atoms with E-state index in [9.17, 15) is 4.79 Å². The molecule has 57 valence electrons. The van der Waals surface area contributed by atoms with Gasteiger partial charge in [0.2, 0.25) is 5.95 Å². The molecular formula is C5H5KN5O. The van der Waals surface area contributed by atoms with E-state index in [1.165, 1.54) is 6.33 Å². The third-order valence-corrected chi connectivity index (χ3v) is 1.31. The average molecular weight is 190 g/mol. The summed E-state index contributed by atoms with van der Waals surface area (Å²) in [6.07, 6.45) is 1.40. The van der Waals surface area contributed by atoms with E-state index >= 15 is 0 Å². The van der Waals surface area contributed by atoms with Crippen molar-refractivity contribution in [2.45, 2.75) is 0 Å². The smallest absolute Gasteiger partial charge is 0.278 e. The Labute approximate surface area is 109 Å². The first-order chi connectivity index (χ1) is 5.27. The Hall–Kier alpha value is -0.214. The molecule has 6 nitrogen and oxygen atoms in total. The van der Waals surface area contributed by atoms with Crippen LogP contribution < -0.4 is 11.3 Å². The minimum atomic E-state index is -0.301. The number of imidazole rings is 1. The van der Waals surface area contributed by atoms with Gasteiger partial charge in [-0.25, -0.2) is 4.98 Å². The van der Waals surface area contributed by atoms with Gasteiger partial charge < -0.3 is 10.7 Å². The second-order valence-corrected chi connectivity index (χ2v) is 2.05. The number of aromatic nitrogens is 4. The summed E-state index contributed by atoms with van der Waals surface area (Å²) in [5.74, 6) is 0.0783. The molecule has 4 N–H and O–H groups in total. The normalized spacial score (nSPS) is 9.67. The van der Waals surface area contributed by atoms with E-state index < -0.39 is 0 Å². The molecule has 0 aromatic carbocycles. The summed E-state index contributed by atoms with van der Waals surface area (Å²) in [5, 5.41) is 0. The quantitative estimate of drug-likeness (QED) is 0.456. The molecule has 2 rings (SSSR count). The topological polar surface area (TPSA) is 100 Å². The summed E-state index contributed by atoms with van der Waals surface area (Å²) >= 11 is 0. The van der Waals surface area contributed by atoms with Crippen LogP contribution in [0.25, 0.3) is 11.2 Å². The van der Waals surface area contributed by atoms with Crippen LogP contribution in [0.2, 0.25) is 0 Å². The molecule has 0 aliphatic rings. The van der Waals surface area contributed by atoms with Gasteiger partial charge in [0, 0.05) is 51.4 Å². The molecular weight excluding hydrogens is 185 g/mol. The summed E-state index contributed by atoms with van der Waals surface area (Å²) < 4.78 is 0. The molecule has 0 aliphatic carbocycles. The molecule has 0 fully saturated rings. The zero-order chi connectivity index (χ0) is 7.84. The number of rotatable bonds is 0. The van der Waals surface area contributed by atoms with Crippen LogP contribution in [0.4, 0.5) is 5.95 Å². The van der Waals surface area contributed by atoms with E-state index in [1.54, 1.807) is 0 Å². The van der Waals surface area contributed by atoms with Crippen molar-refractivity contribution in [3.63, 3.8) is 0 Å². The van der Waals surface area contributed by atoms with Gasteiger partial charge in [-0.2, -0.15) is 4.98 Å². The summed E-state index contributed by atoms with van der Waals surface area (Å²) in [4.78, 5) is 23.5. The zero-order valence-electron chi connectivity index (χ0n) is 6.46. The van der Waals surface area contributed by atoms with Gasteiger partial charge in [-0.15, -0.1) is 0 Å².